The van der Waals surface area contributed by atoms with Crippen LogP contribution in [0.3, 0.4) is 0 Å². The van der Waals surface area contributed by atoms with Gasteiger partial charge in [0.15, 0.2) is 0 Å². The average molecular weight is 647 g/mol. The Hall–Kier alpha value is -2.48. The largest absolute Gasteiger partial charge is 0.494 e. The average Bonchev–Trinajstić information content (AvgIpc) is 2.86. The molecule has 0 saturated carbocycles. The number of carboxylic acids is 1. The Morgan fingerprint density at radius 3 is 2.17 bits per heavy atom. The van der Waals surface area contributed by atoms with Gasteiger partial charge in [0.1, 0.15) is 11.8 Å². The van der Waals surface area contributed by atoms with Gasteiger partial charge in [0, 0.05) is 38.2 Å². The van der Waals surface area contributed by atoms with E-state index >= 15 is 0 Å². The van der Waals surface area contributed by atoms with Gasteiger partial charge in [0.2, 0.25) is 15.9 Å². The first-order chi connectivity index (χ1) is 17.0. The molecule has 2 aromatic rings. The molecule has 0 spiro atoms. The highest BCUT2D eigenvalue weighted by atomic mass is 79.9. The molecule has 2 amide bonds. The van der Waals surface area contributed by atoms with E-state index in [1.54, 1.807) is 30.3 Å². The Bertz CT molecular complexity index is 1210. The summed E-state index contributed by atoms with van der Waals surface area (Å²) in [5.74, 6) is -1.60. The SMILES string of the molecule is COc1c(Br)cc(S(=O)(=O)N2CCN(C(=O)CC[C@H](NC(=O)c3ccccc3)C(=O)O)CC2)cc1Br. The summed E-state index contributed by atoms with van der Waals surface area (Å²) in [7, 11) is -2.33. The van der Waals surface area contributed by atoms with Gasteiger partial charge >= 0.3 is 5.97 Å². The van der Waals surface area contributed by atoms with E-state index in [2.05, 4.69) is 37.2 Å². The number of piperazine rings is 1. The molecule has 1 saturated heterocycles. The van der Waals surface area contributed by atoms with Crippen molar-refractivity contribution in [3.8, 4) is 5.75 Å². The van der Waals surface area contributed by atoms with Crippen LogP contribution in [-0.2, 0) is 19.6 Å². The standard InChI is InChI=1S/C23H25Br2N3O7S/c1-35-21-17(24)13-16(14-18(21)25)36(33,34)28-11-9-27(10-12-28)20(29)8-7-19(23(31)32)26-22(30)15-5-3-2-4-6-15/h2-6,13-14,19H,7-12H2,1H3,(H,26,30)(H,31,32)/t19-/m0/s1. The van der Waals surface area contributed by atoms with Crippen LogP contribution in [-0.4, -0.2) is 79.8 Å². The molecule has 0 aliphatic carbocycles. The molecule has 0 radical (unpaired) electrons. The molecule has 2 N–H and O–H groups in total. The number of amides is 2. The van der Waals surface area contributed by atoms with Crippen molar-refractivity contribution in [2.45, 2.75) is 23.8 Å². The summed E-state index contributed by atoms with van der Waals surface area (Å²) < 4.78 is 33.7. The van der Waals surface area contributed by atoms with Gasteiger partial charge in [-0.1, -0.05) is 18.2 Å². The van der Waals surface area contributed by atoms with Crippen LogP contribution in [0.25, 0.3) is 0 Å². The van der Waals surface area contributed by atoms with Gasteiger partial charge in [0.25, 0.3) is 5.91 Å². The van der Waals surface area contributed by atoms with Crippen LogP contribution >= 0.6 is 31.9 Å². The first-order valence-electron chi connectivity index (χ1n) is 10.9. The van der Waals surface area contributed by atoms with Crippen molar-refractivity contribution in [3.63, 3.8) is 0 Å². The van der Waals surface area contributed by atoms with E-state index in [4.69, 9.17) is 4.74 Å². The number of carbonyl (C=O) groups excluding carboxylic acids is 2. The van der Waals surface area contributed by atoms with E-state index in [-0.39, 0.29) is 49.8 Å². The monoisotopic (exact) mass is 645 g/mol. The molecule has 13 heteroatoms. The van der Waals surface area contributed by atoms with Crippen molar-refractivity contribution in [2.75, 3.05) is 33.3 Å². The summed E-state index contributed by atoms with van der Waals surface area (Å²) >= 11 is 6.62. The second kappa shape index (κ2) is 12.2. The van der Waals surface area contributed by atoms with Crippen LogP contribution < -0.4 is 10.1 Å². The number of carbonyl (C=O) groups is 3. The highest BCUT2D eigenvalue weighted by molar-refractivity contribution is 9.11. The molecule has 0 aromatic heterocycles. The highest BCUT2D eigenvalue weighted by Gasteiger charge is 2.31. The number of halogens is 2. The smallest absolute Gasteiger partial charge is 0.326 e. The molecule has 36 heavy (non-hydrogen) atoms. The molecular weight excluding hydrogens is 622 g/mol. The summed E-state index contributed by atoms with van der Waals surface area (Å²) in [6.45, 7) is 0.542. The van der Waals surface area contributed by atoms with Gasteiger partial charge in [-0.05, 0) is 62.5 Å². The number of rotatable bonds is 9. The molecule has 3 rings (SSSR count). The van der Waals surface area contributed by atoms with Crippen molar-refractivity contribution >= 4 is 59.7 Å². The normalized spacial score (nSPS) is 15.2. The third-order valence-electron chi connectivity index (χ3n) is 5.69. The number of aliphatic carboxylic acids is 1. The van der Waals surface area contributed by atoms with E-state index in [0.717, 1.165) is 0 Å². The van der Waals surface area contributed by atoms with Crippen molar-refractivity contribution in [1.29, 1.82) is 0 Å². The van der Waals surface area contributed by atoms with Gasteiger partial charge in [-0.25, -0.2) is 13.2 Å². The summed E-state index contributed by atoms with van der Waals surface area (Å²) in [5, 5.41) is 11.9. The van der Waals surface area contributed by atoms with Crippen LogP contribution in [0.2, 0.25) is 0 Å². The van der Waals surface area contributed by atoms with Crippen LogP contribution in [0.5, 0.6) is 5.75 Å². The molecular formula is C23H25Br2N3O7S. The lowest BCUT2D eigenvalue weighted by atomic mass is 10.1. The van der Waals surface area contributed by atoms with Gasteiger partial charge in [-0.3, -0.25) is 9.59 Å². The molecule has 10 nitrogen and oxygen atoms in total. The predicted molar refractivity (Wildman–Crippen MR) is 138 cm³/mol. The fourth-order valence-electron chi connectivity index (χ4n) is 3.72. The van der Waals surface area contributed by atoms with Crippen LogP contribution in [0.4, 0.5) is 0 Å². The molecule has 1 fully saturated rings. The topological polar surface area (TPSA) is 133 Å². The zero-order chi connectivity index (χ0) is 26.5. The van der Waals surface area contributed by atoms with Crippen molar-refractivity contribution in [1.82, 2.24) is 14.5 Å². The van der Waals surface area contributed by atoms with Crippen LogP contribution in [0.15, 0.2) is 56.3 Å². The van der Waals surface area contributed by atoms with E-state index in [0.29, 0.717) is 20.3 Å². The first-order valence-corrected chi connectivity index (χ1v) is 14.0. The lowest BCUT2D eigenvalue weighted by Gasteiger charge is -2.34. The van der Waals surface area contributed by atoms with Crippen LogP contribution in [0.1, 0.15) is 23.2 Å². The zero-order valence-electron chi connectivity index (χ0n) is 19.3. The quantitative estimate of drug-likeness (QED) is 0.428. The Labute approximate surface area is 225 Å². The predicted octanol–water partition coefficient (Wildman–Crippen LogP) is 2.72. The Morgan fingerprint density at radius 1 is 1.06 bits per heavy atom. The fraction of sp³-hybridized carbons (Fsp3) is 0.348. The molecule has 1 aliphatic rings. The lowest BCUT2D eigenvalue weighted by Crippen LogP contribution is -2.50. The minimum absolute atomic E-state index is 0.0836. The Kier molecular flexibility index (Phi) is 9.50. The molecule has 1 atom stereocenters. The van der Waals surface area contributed by atoms with E-state index in [1.165, 1.54) is 28.4 Å². The zero-order valence-corrected chi connectivity index (χ0v) is 23.3. The second-order valence-corrected chi connectivity index (χ2v) is 11.6. The third-order valence-corrected chi connectivity index (χ3v) is 8.75. The van der Waals surface area contributed by atoms with Gasteiger partial charge < -0.3 is 20.1 Å². The number of nitrogens with zero attached hydrogens (tertiary/aromatic N) is 2. The van der Waals surface area contributed by atoms with Gasteiger partial charge in [0.05, 0.1) is 21.0 Å². The Morgan fingerprint density at radius 2 is 1.64 bits per heavy atom. The molecule has 1 aliphatic heterocycles. The number of ether oxygens (including phenoxy) is 1. The fourth-order valence-corrected chi connectivity index (χ4v) is 7.01. The summed E-state index contributed by atoms with van der Waals surface area (Å²) in [4.78, 5) is 38.2. The van der Waals surface area contributed by atoms with Crippen molar-refractivity contribution in [3.05, 3.63) is 57.0 Å². The van der Waals surface area contributed by atoms with E-state index in [1.807, 2.05) is 0 Å². The minimum atomic E-state index is -3.80. The highest BCUT2D eigenvalue weighted by Crippen LogP contribution is 2.36. The second-order valence-electron chi connectivity index (χ2n) is 7.97. The molecule has 1 heterocycles. The maximum Gasteiger partial charge on any atom is 0.326 e. The number of nitrogens with one attached hydrogen (secondary N) is 1. The van der Waals surface area contributed by atoms with Crippen molar-refractivity contribution in [2.24, 2.45) is 0 Å². The lowest BCUT2D eigenvalue weighted by molar-refractivity contribution is -0.139. The molecule has 194 valence electrons. The number of methoxy groups -OCH3 is 1. The van der Waals surface area contributed by atoms with E-state index < -0.39 is 27.9 Å². The van der Waals surface area contributed by atoms with Crippen LogP contribution in [0, 0.1) is 0 Å². The minimum Gasteiger partial charge on any atom is -0.494 e. The maximum atomic E-state index is 13.1. The number of hydrogen-bond donors (Lipinski definition) is 2. The molecule has 0 unspecified atom stereocenters. The third kappa shape index (κ3) is 6.64. The number of benzene rings is 2. The molecule has 0 bridgehead atoms. The maximum absolute atomic E-state index is 13.1. The molecule has 2 aromatic carbocycles. The van der Waals surface area contributed by atoms with E-state index in [9.17, 15) is 27.9 Å². The summed E-state index contributed by atoms with van der Waals surface area (Å²) in [5.41, 5.74) is 0.323. The van der Waals surface area contributed by atoms with Gasteiger partial charge in [-0.2, -0.15) is 4.31 Å². The summed E-state index contributed by atoms with van der Waals surface area (Å²) in [6, 6.07) is 9.91. The van der Waals surface area contributed by atoms with Crippen molar-refractivity contribution < 1.29 is 32.6 Å². The first kappa shape index (κ1) is 28.1. The number of sulfonamides is 1. The summed E-state index contributed by atoms with van der Waals surface area (Å²) in [6.07, 6.45) is -0.184. The van der Waals surface area contributed by atoms with Gasteiger partial charge in [-0.15, -0.1) is 0 Å². The Balaban J connectivity index is 1.56. The number of hydrogen-bond acceptors (Lipinski definition) is 6. The number of carboxylic acid groups (broad SMARTS) is 1.